The molecule has 1 saturated carbocycles. The molecule has 0 aromatic carbocycles. The van der Waals surface area contributed by atoms with Crippen LogP contribution in [-0.4, -0.2) is 17.3 Å². The Balaban J connectivity index is 2.57. The molecule has 0 aromatic heterocycles. The van der Waals surface area contributed by atoms with Crippen molar-refractivity contribution in [3.05, 3.63) is 0 Å². The summed E-state index contributed by atoms with van der Waals surface area (Å²) >= 11 is 3.44. The molecule has 1 aliphatic rings. The maximum atomic E-state index is 12.2. The van der Waals surface area contributed by atoms with Gasteiger partial charge in [0, 0.05) is 16.8 Å². The third-order valence-corrected chi connectivity index (χ3v) is 4.51. The summed E-state index contributed by atoms with van der Waals surface area (Å²) in [6, 6.07) is 0.293. The summed E-state index contributed by atoms with van der Waals surface area (Å²) in [5.41, 5.74) is -0.0460. The first-order valence-corrected chi connectivity index (χ1v) is 7.17. The van der Waals surface area contributed by atoms with E-state index in [0.29, 0.717) is 6.04 Å². The molecular weight excluding hydrogens is 254 g/mol. The van der Waals surface area contributed by atoms with Gasteiger partial charge in [-0.1, -0.05) is 42.6 Å². The predicted molar refractivity (Wildman–Crippen MR) is 67.2 cm³/mol. The summed E-state index contributed by atoms with van der Waals surface area (Å²) in [5.74, 6) is 0.286. The number of carbonyl (C=O) groups is 1. The largest absolute Gasteiger partial charge is 0.352 e. The lowest BCUT2D eigenvalue weighted by atomic mass is 9.82. The van der Waals surface area contributed by atoms with Crippen LogP contribution in [0.3, 0.4) is 0 Å². The quantitative estimate of drug-likeness (QED) is 0.767. The second-order valence-corrected chi connectivity index (χ2v) is 5.22. The Bertz CT molecular complexity index is 208. The van der Waals surface area contributed by atoms with Gasteiger partial charge in [-0.3, -0.25) is 4.79 Å². The molecule has 1 amide bonds. The van der Waals surface area contributed by atoms with E-state index in [-0.39, 0.29) is 11.3 Å². The SMILES string of the molecule is CCC(CBr)NC(=O)C1(CC)CCCC1. The average Bonchev–Trinajstić information content (AvgIpc) is 2.75. The molecule has 0 aromatic rings. The van der Waals surface area contributed by atoms with Crippen LogP contribution in [-0.2, 0) is 4.79 Å². The molecule has 1 atom stereocenters. The summed E-state index contributed by atoms with van der Waals surface area (Å²) in [6.07, 6.45) is 6.56. The van der Waals surface area contributed by atoms with Crippen molar-refractivity contribution in [1.29, 1.82) is 0 Å². The highest BCUT2D eigenvalue weighted by molar-refractivity contribution is 9.09. The van der Waals surface area contributed by atoms with E-state index in [0.717, 1.165) is 31.0 Å². The second-order valence-electron chi connectivity index (χ2n) is 4.57. The van der Waals surface area contributed by atoms with Gasteiger partial charge in [-0.15, -0.1) is 0 Å². The smallest absolute Gasteiger partial charge is 0.226 e. The van der Waals surface area contributed by atoms with Crippen LogP contribution in [0.25, 0.3) is 0 Å². The molecule has 0 bridgehead atoms. The summed E-state index contributed by atoms with van der Waals surface area (Å²) in [4.78, 5) is 12.2. The minimum Gasteiger partial charge on any atom is -0.352 e. The Morgan fingerprint density at radius 2 is 2.00 bits per heavy atom. The molecule has 1 N–H and O–H groups in total. The van der Waals surface area contributed by atoms with Crippen molar-refractivity contribution in [2.24, 2.45) is 5.41 Å². The van der Waals surface area contributed by atoms with Gasteiger partial charge >= 0.3 is 0 Å². The highest BCUT2D eigenvalue weighted by Crippen LogP contribution is 2.41. The molecule has 1 rings (SSSR count). The topological polar surface area (TPSA) is 29.1 Å². The fourth-order valence-corrected chi connectivity index (χ4v) is 3.00. The van der Waals surface area contributed by atoms with Gasteiger partial charge in [0.2, 0.25) is 5.91 Å². The molecule has 0 heterocycles. The Labute approximate surface area is 101 Å². The third kappa shape index (κ3) is 2.96. The number of rotatable bonds is 5. The van der Waals surface area contributed by atoms with Crippen molar-refractivity contribution in [3.63, 3.8) is 0 Å². The number of amides is 1. The van der Waals surface area contributed by atoms with Gasteiger partial charge in [0.1, 0.15) is 0 Å². The number of halogens is 1. The van der Waals surface area contributed by atoms with Crippen LogP contribution in [0.2, 0.25) is 0 Å². The third-order valence-electron chi connectivity index (χ3n) is 3.73. The molecule has 88 valence electrons. The summed E-state index contributed by atoms with van der Waals surface area (Å²) < 4.78 is 0. The molecule has 1 aliphatic carbocycles. The standard InChI is InChI=1S/C12H22BrNO/c1-3-10(9-13)14-11(15)12(4-2)7-5-6-8-12/h10H,3-9H2,1-2H3,(H,14,15). The first-order chi connectivity index (χ1) is 7.18. The summed E-state index contributed by atoms with van der Waals surface area (Å²) in [6.45, 7) is 4.25. The zero-order valence-electron chi connectivity index (χ0n) is 9.81. The van der Waals surface area contributed by atoms with Gasteiger partial charge in [0.25, 0.3) is 0 Å². The first-order valence-electron chi connectivity index (χ1n) is 6.05. The lowest BCUT2D eigenvalue weighted by Crippen LogP contribution is -2.44. The van der Waals surface area contributed by atoms with E-state index in [2.05, 4.69) is 35.1 Å². The zero-order valence-corrected chi connectivity index (χ0v) is 11.4. The van der Waals surface area contributed by atoms with E-state index in [1.54, 1.807) is 0 Å². The Morgan fingerprint density at radius 1 is 1.40 bits per heavy atom. The lowest BCUT2D eigenvalue weighted by Gasteiger charge is -2.28. The lowest BCUT2D eigenvalue weighted by molar-refractivity contribution is -0.131. The van der Waals surface area contributed by atoms with E-state index in [1.165, 1.54) is 12.8 Å². The van der Waals surface area contributed by atoms with Gasteiger partial charge in [0.05, 0.1) is 0 Å². The van der Waals surface area contributed by atoms with E-state index in [1.807, 2.05) is 0 Å². The number of carbonyl (C=O) groups excluding carboxylic acids is 1. The molecule has 1 unspecified atom stereocenters. The number of nitrogens with one attached hydrogen (secondary N) is 1. The molecule has 15 heavy (non-hydrogen) atoms. The Hall–Kier alpha value is -0.0500. The van der Waals surface area contributed by atoms with Crippen LogP contribution in [0.5, 0.6) is 0 Å². The first kappa shape index (κ1) is 13.0. The van der Waals surface area contributed by atoms with Crippen molar-refractivity contribution < 1.29 is 4.79 Å². The highest BCUT2D eigenvalue weighted by atomic mass is 79.9. The monoisotopic (exact) mass is 275 g/mol. The highest BCUT2D eigenvalue weighted by Gasteiger charge is 2.39. The molecular formula is C12H22BrNO. The van der Waals surface area contributed by atoms with Crippen molar-refractivity contribution in [2.75, 3.05) is 5.33 Å². The van der Waals surface area contributed by atoms with Crippen LogP contribution in [0.4, 0.5) is 0 Å². The minimum absolute atomic E-state index is 0.0460. The average molecular weight is 276 g/mol. The molecule has 0 saturated heterocycles. The normalized spacial score (nSPS) is 21.3. The molecule has 1 fully saturated rings. The number of hydrogen-bond donors (Lipinski definition) is 1. The van der Waals surface area contributed by atoms with E-state index in [4.69, 9.17) is 0 Å². The molecule has 2 nitrogen and oxygen atoms in total. The Kier molecular flexibility index (Phi) is 5.10. The number of alkyl halides is 1. The molecule has 3 heteroatoms. The van der Waals surface area contributed by atoms with Crippen LogP contribution >= 0.6 is 15.9 Å². The van der Waals surface area contributed by atoms with Crippen molar-refractivity contribution in [2.45, 2.75) is 58.4 Å². The fourth-order valence-electron chi connectivity index (χ4n) is 2.38. The fraction of sp³-hybridized carbons (Fsp3) is 0.917. The zero-order chi connectivity index (χ0) is 11.3. The molecule has 0 spiro atoms. The molecule has 0 aliphatic heterocycles. The van der Waals surface area contributed by atoms with Crippen molar-refractivity contribution >= 4 is 21.8 Å². The van der Waals surface area contributed by atoms with Gasteiger partial charge in [-0.25, -0.2) is 0 Å². The van der Waals surface area contributed by atoms with E-state index >= 15 is 0 Å². The van der Waals surface area contributed by atoms with Crippen LogP contribution in [0, 0.1) is 5.41 Å². The van der Waals surface area contributed by atoms with Gasteiger partial charge < -0.3 is 5.32 Å². The maximum Gasteiger partial charge on any atom is 0.226 e. The van der Waals surface area contributed by atoms with Crippen LogP contribution in [0.1, 0.15) is 52.4 Å². The van der Waals surface area contributed by atoms with Crippen molar-refractivity contribution in [1.82, 2.24) is 5.32 Å². The van der Waals surface area contributed by atoms with Crippen molar-refractivity contribution in [3.8, 4) is 0 Å². The maximum absolute atomic E-state index is 12.2. The summed E-state index contributed by atoms with van der Waals surface area (Å²) in [7, 11) is 0. The number of hydrogen-bond acceptors (Lipinski definition) is 1. The van der Waals surface area contributed by atoms with E-state index in [9.17, 15) is 4.79 Å². The second kappa shape index (κ2) is 5.88. The van der Waals surface area contributed by atoms with Gasteiger partial charge in [-0.05, 0) is 25.7 Å². The van der Waals surface area contributed by atoms with Crippen LogP contribution < -0.4 is 5.32 Å². The predicted octanol–water partition coefficient (Wildman–Crippen LogP) is 3.25. The molecule has 0 radical (unpaired) electrons. The van der Waals surface area contributed by atoms with Gasteiger partial charge in [-0.2, -0.15) is 0 Å². The van der Waals surface area contributed by atoms with Gasteiger partial charge in [0.15, 0.2) is 0 Å². The Morgan fingerprint density at radius 3 is 2.40 bits per heavy atom. The summed E-state index contributed by atoms with van der Waals surface area (Å²) in [5, 5.41) is 4.02. The van der Waals surface area contributed by atoms with E-state index < -0.39 is 0 Å². The minimum atomic E-state index is -0.0460. The van der Waals surface area contributed by atoms with Crippen LogP contribution in [0.15, 0.2) is 0 Å².